The average molecular weight is 588 g/mol. The predicted molar refractivity (Wildman–Crippen MR) is 167 cm³/mol. The minimum absolute atomic E-state index is 0.0177. The lowest BCUT2D eigenvalue weighted by Crippen LogP contribution is -2.52. The second-order valence-electron chi connectivity index (χ2n) is 13.6. The Bertz CT molecular complexity index is 1450. The highest BCUT2D eigenvalue weighted by atomic mass is 32.2. The van der Waals surface area contributed by atoms with Crippen molar-refractivity contribution in [2.75, 3.05) is 5.75 Å². The molecule has 5 heteroatoms. The van der Waals surface area contributed by atoms with Crippen molar-refractivity contribution in [3.05, 3.63) is 90.0 Å². The highest BCUT2D eigenvalue weighted by Gasteiger charge is 2.57. The van der Waals surface area contributed by atoms with Crippen LogP contribution in [0.1, 0.15) is 93.6 Å². The maximum absolute atomic E-state index is 11.9. The molecule has 3 aromatic rings. The zero-order valence-corrected chi connectivity index (χ0v) is 25.6. The fourth-order valence-corrected chi connectivity index (χ4v) is 12.4. The summed E-state index contributed by atoms with van der Waals surface area (Å²) in [6.45, 7) is 0. The van der Waals surface area contributed by atoms with Crippen molar-refractivity contribution in [3.63, 3.8) is 0 Å². The number of hydrogen-bond donors (Lipinski definition) is 1. The van der Waals surface area contributed by atoms with E-state index < -0.39 is 10.1 Å². The summed E-state index contributed by atoms with van der Waals surface area (Å²) in [4.78, 5) is 4.04. The van der Waals surface area contributed by atoms with Crippen LogP contribution in [0.15, 0.2) is 93.5 Å². The molecule has 3 nitrogen and oxygen atoms in total. The molecule has 4 atom stereocenters. The van der Waals surface area contributed by atoms with Crippen LogP contribution in [0.3, 0.4) is 0 Å². The Kier molecular flexibility index (Phi) is 7.58. The number of benzene rings is 3. The van der Waals surface area contributed by atoms with Gasteiger partial charge in [-0.25, -0.2) is 0 Å². The Morgan fingerprint density at radius 1 is 0.732 bits per heavy atom. The largest absolute Gasteiger partial charge is 0.286 e. The monoisotopic (exact) mass is 587 g/mol. The molecule has 4 bridgehead atoms. The maximum atomic E-state index is 11.9. The zero-order chi connectivity index (χ0) is 28.0. The third-order valence-electron chi connectivity index (χ3n) is 10.9. The van der Waals surface area contributed by atoms with Gasteiger partial charge in [0.15, 0.2) is 14.7 Å². The summed E-state index contributed by atoms with van der Waals surface area (Å²) in [6.07, 6.45) is 13.4. The van der Waals surface area contributed by atoms with Gasteiger partial charge in [0.2, 0.25) is 0 Å². The molecule has 5 aliphatic rings. The van der Waals surface area contributed by atoms with Crippen molar-refractivity contribution in [2.45, 2.75) is 97.2 Å². The van der Waals surface area contributed by atoms with Gasteiger partial charge in [0.1, 0.15) is 0 Å². The minimum atomic E-state index is -3.98. The first-order chi connectivity index (χ1) is 19.9. The first-order valence-corrected chi connectivity index (χ1v) is 18.6. The molecule has 5 aliphatic carbocycles. The van der Waals surface area contributed by atoms with Crippen LogP contribution in [0.2, 0.25) is 0 Å². The molecule has 0 radical (unpaired) electrons. The van der Waals surface area contributed by atoms with E-state index in [1.54, 1.807) is 0 Å². The van der Waals surface area contributed by atoms with Gasteiger partial charge in [0.05, 0.1) is 16.6 Å². The Balaban J connectivity index is 1.25. The van der Waals surface area contributed by atoms with Gasteiger partial charge in [-0.15, -0.1) is 0 Å². The van der Waals surface area contributed by atoms with Crippen molar-refractivity contribution in [1.82, 2.24) is 0 Å². The Labute approximate surface area is 249 Å². The van der Waals surface area contributed by atoms with Crippen molar-refractivity contribution in [3.8, 4) is 0 Å². The molecule has 3 aromatic carbocycles. The van der Waals surface area contributed by atoms with E-state index in [-0.39, 0.29) is 22.1 Å². The molecule has 0 spiro atoms. The van der Waals surface area contributed by atoms with Crippen LogP contribution in [0.5, 0.6) is 0 Å². The molecule has 1 N–H and O–H groups in total. The molecule has 8 rings (SSSR count). The van der Waals surface area contributed by atoms with Crippen LogP contribution in [-0.4, -0.2) is 18.7 Å². The molecule has 5 saturated carbocycles. The third-order valence-corrected chi connectivity index (χ3v) is 13.9. The Hall–Kier alpha value is -2.08. The molecule has 0 aromatic heterocycles. The molecule has 4 unspecified atom stereocenters. The summed E-state index contributed by atoms with van der Waals surface area (Å²) in [5, 5.41) is 0. The first-order valence-electron chi connectivity index (χ1n) is 15.8. The summed E-state index contributed by atoms with van der Waals surface area (Å²) in [5.74, 6) is 3.01. The van der Waals surface area contributed by atoms with Crippen LogP contribution in [0.25, 0.3) is 0 Å². The van der Waals surface area contributed by atoms with E-state index in [9.17, 15) is 13.0 Å². The number of rotatable bonds is 8. The zero-order valence-electron chi connectivity index (χ0n) is 24.0. The van der Waals surface area contributed by atoms with E-state index in [1.165, 1.54) is 77.2 Å². The van der Waals surface area contributed by atoms with Crippen molar-refractivity contribution in [1.29, 1.82) is 0 Å². The van der Waals surface area contributed by atoms with Crippen LogP contribution in [0.4, 0.5) is 0 Å². The topological polar surface area (TPSA) is 54.4 Å². The molecule has 0 heterocycles. The third kappa shape index (κ3) is 5.67. The van der Waals surface area contributed by atoms with E-state index in [1.807, 2.05) is 0 Å². The lowest BCUT2D eigenvalue weighted by atomic mass is 9.43. The van der Waals surface area contributed by atoms with Gasteiger partial charge in [0, 0.05) is 0 Å². The minimum Gasteiger partial charge on any atom is -0.286 e. The molecule has 5 fully saturated rings. The normalized spacial score (nSPS) is 30.4. The average Bonchev–Trinajstić information content (AvgIpc) is 2.97. The molecule has 0 amide bonds. The SMILES string of the molecule is O=S(=O)(O)CCC12CC3CC(CC(C3)C1c1cccc([S+](c3ccccc3)c3ccc(C4CCCCC4)cc3)c1)C2. The highest BCUT2D eigenvalue weighted by Crippen LogP contribution is 2.67. The quantitative estimate of drug-likeness (QED) is 0.211. The summed E-state index contributed by atoms with van der Waals surface area (Å²) in [5.41, 5.74) is 2.86. The van der Waals surface area contributed by atoms with Gasteiger partial charge in [-0.05, 0) is 134 Å². The second kappa shape index (κ2) is 11.2. The standard InChI is InChI=1S/C36H42O3S2/c37-41(38,39)19-18-36-24-26-20-27(25-36)22-31(21-26)35(36)30-10-7-13-34(23-30)40(32-11-5-2-6-12-32)33-16-14-29(15-17-33)28-8-3-1-4-9-28/h2,5-7,10-17,23,26-28,31,35H,1,3-4,8-9,18-22,24-25H2/p+1. The molecular weight excluding hydrogens is 545 g/mol. The lowest BCUT2D eigenvalue weighted by Gasteiger charge is -2.61. The molecular formula is C36H43O3S2+. The van der Waals surface area contributed by atoms with Crippen LogP contribution < -0.4 is 0 Å². The first kappa shape index (κ1) is 27.7. The summed E-state index contributed by atoms with van der Waals surface area (Å²) in [7, 11) is -4.19. The lowest BCUT2D eigenvalue weighted by molar-refractivity contribution is -0.0772. The second-order valence-corrected chi connectivity index (χ2v) is 17.2. The maximum Gasteiger partial charge on any atom is 0.264 e. The Morgan fingerprint density at radius 2 is 1.39 bits per heavy atom. The van der Waals surface area contributed by atoms with Gasteiger partial charge in [-0.3, -0.25) is 4.55 Å². The van der Waals surface area contributed by atoms with Gasteiger partial charge >= 0.3 is 0 Å². The van der Waals surface area contributed by atoms with Crippen LogP contribution in [0, 0.1) is 23.2 Å². The molecule has 0 aliphatic heterocycles. The molecule has 41 heavy (non-hydrogen) atoms. The van der Waals surface area contributed by atoms with Gasteiger partial charge in [-0.2, -0.15) is 8.42 Å². The van der Waals surface area contributed by atoms with Gasteiger partial charge in [-0.1, -0.05) is 61.7 Å². The summed E-state index contributed by atoms with van der Waals surface area (Å²) in [6, 6.07) is 29.8. The fourth-order valence-electron chi connectivity index (χ4n) is 9.64. The van der Waals surface area contributed by atoms with E-state index >= 15 is 0 Å². The van der Waals surface area contributed by atoms with Crippen LogP contribution in [-0.2, 0) is 21.0 Å². The van der Waals surface area contributed by atoms with Crippen molar-refractivity contribution in [2.24, 2.45) is 23.2 Å². The smallest absolute Gasteiger partial charge is 0.264 e. The molecule has 0 saturated heterocycles. The molecule has 216 valence electrons. The number of hydrogen-bond acceptors (Lipinski definition) is 2. The summed E-state index contributed by atoms with van der Waals surface area (Å²) >= 11 is 0. The fraction of sp³-hybridized carbons (Fsp3) is 0.500. The van der Waals surface area contributed by atoms with E-state index in [0.29, 0.717) is 24.2 Å². The Morgan fingerprint density at radius 3 is 2.07 bits per heavy atom. The van der Waals surface area contributed by atoms with Gasteiger partial charge < -0.3 is 0 Å². The summed E-state index contributed by atoms with van der Waals surface area (Å²) < 4.78 is 33.5. The van der Waals surface area contributed by atoms with Crippen LogP contribution >= 0.6 is 0 Å². The highest BCUT2D eigenvalue weighted by molar-refractivity contribution is 7.97. The van der Waals surface area contributed by atoms with Crippen molar-refractivity contribution >= 4 is 21.0 Å². The van der Waals surface area contributed by atoms with Gasteiger partial charge in [0.25, 0.3) is 10.1 Å². The van der Waals surface area contributed by atoms with Crippen molar-refractivity contribution < 1.29 is 13.0 Å². The predicted octanol–water partition coefficient (Wildman–Crippen LogP) is 9.02. The van der Waals surface area contributed by atoms with E-state index in [2.05, 4.69) is 78.9 Å². The van der Waals surface area contributed by atoms with E-state index in [0.717, 1.165) is 24.7 Å². The van der Waals surface area contributed by atoms with E-state index in [4.69, 9.17) is 0 Å².